The summed E-state index contributed by atoms with van der Waals surface area (Å²) in [4.78, 5) is 16.5. The smallest absolute Gasteiger partial charge is 0.224 e. The summed E-state index contributed by atoms with van der Waals surface area (Å²) in [5, 5.41) is 8.77. The molecule has 2 aromatic heterocycles. The minimum atomic E-state index is 0.216. The Morgan fingerprint density at radius 1 is 1.24 bits per heavy atom. The van der Waals surface area contributed by atoms with Crippen LogP contribution in [0.15, 0.2) is 6.20 Å². The van der Waals surface area contributed by atoms with E-state index in [1.54, 1.807) is 0 Å². The van der Waals surface area contributed by atoms with Crippen molar-refractivity contribution in [1.29, 1.82) is 0 Å². The van der Waals surface area contributed by atoms with Crippen LogP contribution in [0.1, 0.15) is 12.1 Å². The van der Waals surface area contributed by atoms with Crippen molar-refractivity contribution >= 4 is 16.9 Å². The first-order valence-corrected chi connectivity index (χ1v) is 7.37. The molecule has 0 N–H and O–H groups in total. The first-order chi connectivity index (χ1) is 10.1. The van der Waals surface area contributed by atoms with Gasteiger partial charge in [-0.15, -0.1) is 0 Å². The minimum absolute atomic E-state index is 0.216. The van der Waals surface area contributed by atoms with Gasteiger partial charge in [0, 0.05) is 39.6 Å². The molecule has 21 heavy (non-hydrogen) atoms. The summed E-state index contributed by atoms with van der Waals surface area (Å²) in [5.41, 5.74) is 3.00. The summed E-state index contributed by atoms with van der Waals surface area (Å²) < 4.78 is 3.72. The van der Waals surface area contributed by atoms with Gasteiger partial charge in [0.25, 0.3) is 0 Å². The lowest BCUT2D eigenvalue weighted by Gasteiger charge is -2.32. The average molecular weight is 290 g/mol. The summed E-state index contributed by atoms with van der Waals surface area (Å²) in [6.07, 6.45) is 2.31. The zero-order valence-corrected chi connectivity index (χ0v) is 12.9. The Bertz CT molecular complexity index is 650. The number of carbonyl (C=O) groups is 1. The number of amides is 1. The third-order valence-electron chi connectivity index (χ3n) is 4.20. The van der Waals surface area contributed by atoms with Crippen LogP contribution in [0.4, 0.5) is 0 Å². The Kier molecular flexibility index (Phi) is 3.67. The first kappa shape index (κ1) is 14.1. The Hall–Kier alpha value is -1.89. The zero-order chi connectivity index (χ0) is 15.0. The lowest BCUT2D eigenvalue weighted by molar-refractivity contribution is -0.133. The topological polar surface area (TPSA) is 59.2 Å². The molecule has 0 aliphatic carbocycles. The fourth-order valence-electron chi connectivity index (χ4n) is 2.90. The molecule has 0 spiro atoms. The molecule has 3 rings (SSSR count). The first-order valence-electron chi connectivity index (χ1n) is 7.37. The lowest BCUT2D eigenvalue weighted by Crippen LogP contribution is -2.47. The predicted molar refractivity (Wildman–Crippen MR) is 79.9 cm³/mol. The zero-order valence-electron chi connectivity index (χ0n) is 12.9. The number of hydrogen-bond acceptors (Lipinski definition) is 4. The van der Waals surface area contributed by atoms with Crippen LogP contribution in [0.2, 0.25) is 0 Å². The molecule has 2 aromatic rings. The molecule has 7 nitrogen and oxygen atoms in total. The number of aryl methyl sites for hydroxylation is 3. The Balaban J connectivity index is 1.65. The highest BCUT2D eigenvalue weighted by molar-refractivity contribution is 5.78. The molecule has 1 saturated heterocycles. The van der Waals surface area contributed by atoms with E-state index in [-0.39, 0.29) is 5.91 Å². The van der Waals surface area contributed by atoms with Crippen molar-refractivity contribution in [3.05, 3.63) is 11.9 Å². The minimum Gasteiger partial charge on any atom is -0.340 e. The second-order valence-electron chi connectivity index (χ2n) is 5.74. The molecule has 7 heteroatoms. The van der Waals surface area contributed by atoms with Gasteiger partial charge in [0.2, 0.25) is 5.91 Å². The van der Waals surface area contributed by atoms with E-state index in [0.29, 0.717) is 13.0 Å². The number of hydrogen-bond donors (Lipinski definition) is 0. The molecule has 0 unspecified atom stereocenters. The summed E-state index contributed by atoms with van der Waals surface area (Å²) in [5.74, 6) is 0.216. The molecule has 1 fully saturated rings. The summed E-state index contributed by atoms with van der Waals surface area (Å²) in [6, 6.07) is 0. The maximum absolute atomic E-state index is 12.3. The molecular formula is C14H22N6O. The highest BCUT2D eigenvalue weighted by atomic mass is 16.2. The van der Waals surface area contributed by atoms with E-state index in [1.165, 1.54) is 0 Å². The molecule has 0 bridgehead atoms. The van der Waals surface area contributed by atoms with Gasteiger partial charge in [-0.25, -0.2) is 0 Å². The number of nitrogens with zero attached hydrogens (tertiary/aromatic N) is 6. The van der Waals surface area contributed by atoms with Gasteiger partial charge >= 0.3 is 0 Å². The van der Waals surface area contributed by atoms with Gasteiger partial charge in [-0.2, -0.15) is 10.2 Å². The highest BCUT2D eigenvalue weighted by Gasteiger charge is 2.19. The van der Waals surface area contributed by atoms with Gasteiger partial charge in [0.15, 0.2) is 0 Å². The molecular weight excluding hydrogens is 268 g/mol. The van der Waals surface area contributed by atoms with Gasteiger partial charge in [-0.3, -0.25) is 14.2 Å². The van der Waals surface area contributed by atoms with Crippen LogP contribution in [0.3, 0.4) is 0 Å². The Morgan fingerprint density at radius 2 is 1.95 bits per heavy atom. The fraction of sp³-hybridized carbons (Fsp3) is 0.643. The molecule has 0 saturated carbocycles. The van der Waals surface area contributed by atoms with Gasteiger partial charge in [-0.1, -0.05) is 0 Å². The van der Waals surface area contributed by atoms with Crippen LogP contribution in [-0.2, 0) is 18.4 Å². The van der Waals surface area contributed by atoms with E-state index >= 15 is 0 Å². The fourth-order valence-corrected chi connectivity index (χ4v) is 2.90. The van der Waals surface area contributed by atoms with Crippen molar-refractivity contribution in [2.24, 2.45) is 7.05 Å². The quantitative estimate of drug-likeness (QED) is 0.812. The second kappa shape index (κ2) is 5.48. The van der Waals surface area contributed by atoms with Crippen molar-refractivity contribution in [2.45, 2.75) is 19.9 Å². The van der Waals surface area contributed by atoms with Gasteiger partial charge in [0.05, 0.1) is 18.4 Å². The molecule has 1 aliphatic heterocycles. The molecule has 1 aliphatic rings. The summed E-state index contributed by atoms with van der Waals surface area (Å²) >= 11 is 0. The van der Waals surface area contributed by atoms with Gasteiger partial charge in [0.1, 0.15) is 11.0 Å². The number of carbonyl (C=O) groups excluding carboxylic acids is 1. The highest BCUT2D eigenvalue weighted by Crippen LogP contribution is 2.17. The number of piperazine rings is 1. The van der Waals surface area contributed by atoms with Crippen LogP contribution < -0.4 is 0 Å². The maximum atomic E-state index is 12.3. The Morgan fingerprint density at radius 3 is 2.67 bits per heavy atom. The third kappa shape index (κ3) is 2.65. The molecule has 114 valence electrons. The van der Waals surface area contributed by atoms with Gasteiger partial charge in [-0.05, 0) is 14.0 Å². The SMILES string of the molecule is Cc1nn(C)c2cnn(CCC(=O)N3CCN(C)CC3)c12. The molecule has 0 radical (unpaired) electrons. The van der Waals surface area contributed by atoms with Crippen molar-refractivity contribution in [2.75, 3.05) is 33.2 Å². The van der Waals surface area contributed by atoms with Crippen LogP contribution in [-0.4, -0.2) is 68.5 Å². The Labute approximate surface area is 124 Å². The van der Waals surface area contributed by atoms with E-state index in [2.05, 4.69) is 22.1 Å². The van der Waals surface area contributed by atoms with Crippen LogP contribution >= 0.6 is 0 Å². The van der Waals surface area contributed by atoms with Crippen molar-refractivity contribution in [3.8, 4) is 0 Å². The van der Waals surface area contributed by atoms with E-state index < -0.39 is 0 Å². The number of likely N-dealkylation sites (N-methyl/N-ethyl adjacent to an activating group) is 1. The molecule has 1 amide bonds. The molecule has 0 atom stereocenters. The monoisotopic (exact) mass is 290 g/mol. The third-order valence-corrected chi connectivity index (χ3v) is 4.20. The van der Waals surface area contributed by atoms with E-state index in [9.17, 15) is 4.79 Å². The normalized spacial score (nSPS) is 16.8. The largest absolute Gasteiger partial charge is 0.340 e. The predicted octanol–water partition coefficient (Wildman–Crippen LogP) is 0.242. The van der Waals surface area contributed by atoms with E-state index in [0.717, 1.165) is 42.9 Å². The van der Waals surface area contributed by atoms with Gasteiger partial charge < -0.3 is 9.80 Å². The summed E-state index contributed by atoms with van der Waals surface area (Å²) in [6.45, 7) is 6.16. The number of fused-ring (bicyclic) bond motifs is 1. The average Bonchev–Trinajstić information content (AvgIpc) is 3.00. The number of aromatic nitrogens is 4. The second-order valence-corrected chi connectivity index (χ2v) is 5.74. The van der Waals surface area contributed by atoms with Crippen molar-refractivity contribution < 1.29 is 4.79 Å². The maximum Gasteiger partial charge on any atom is 0.224 e. The van der Waals surface area contributed by atoms with Crippen LogP contribution in [0, 0.1) is 6.92 Å². The van der Waals surface area contributed by atoms with Crippen molar-refractivity contribution in [1.82, 2.24) is 29.4 Å². The van der Waals surface area contributed by atoms with E-state index in [4.69, 9.17) is 0 Å². The van der Waals surface area contributed by atoms with Crippen molar-refractivity contribution in [3.63, 3.8) is 0 Å². The van der Waals surface area contributed by atoms with Crippen LogP contribution in [0.5, 0.6) is 0 Å². The lowest BCUT2D eigenvalue weighted by atomic mass is 10.3. The number of rotatable bonds is 3. The van der Waals surface area contributed by atoms with E-state index in [1.807, 2.05) is 34.4 Å². The standard InChI is InChI=1S/C14H22N6O/c1-11-14-12(18(3)16-11)10-15-20(14)5-4-13(21)19-8-6-17(2)7-9-19/h10H,4-9H2,1-3H3. The molecule has 3 heterocycles. The summed E-state index contributed by atoms with van der Waals surface area (Å²) in [7, 11) is 4.00. The molecule has 0 aromatic carbocycles. The van der Waals surface area contributed by atoms with Crippen LogP contribution in [0.25, 0.3) is 11.0 Å².